The van der Waals surface area contributed by atoms with Crippen LogP contribution >= 0.6 is 39.1 Å². The summed E-state index contributed by atoms with van der Waals surface area (Å²) in [4.78, 5) is 29.9. The normalized spacial score (nSPS) is 19.1. The number of anilines is 1. The Morgan fingerprint density at radius 3 is 2.20 bits per heavy atom. The molecule has 1 aliphatic heterocycles. The van der Waals surface area contributed by atoms with Gasteiger partial charge in [-0.1, -0.05) is 77.5 Å². The average molecular weight is 512 g/mol. The fraction of sp³-hybridized carbons (Fsp3) is 0.391. The van der Waals surface area contributed by atoms with Gasteiger partial charge in [-0.05, 0) is 49.2 Å². The van der Waals surface area contributed by atoms with Crippen molar-refractivity contribution in [1.82, 2.24) is 4.90 Å². The highest BCUT2D eigenvalue weighted by Gasteiger charge is 2.54. The van der Waals surface area contributed by atoms with Gasteiger partial charge in [0.05, 0.1) is 5.69 Å². The lowest BCUT2D eigenvalue weighted by atomic mass is 9.91. The molecule has 1 saturated heterocycles. The first-order chi connectivity index (χ1) is 14.3. The third-order valence-corrected chi connectivity index (χ3v) is 6.45. The van der Waals surface area contributed by atoms with E-state index < -0.39 is 5.54 Å². The topological polar surface area (TPSA) is 40.6 Å². The highest BCUT2D eigenvalue weighted by Crippen LogP contribution is 2.37. The maximum Gasteiger partial charge on any atom is 0.332 e. The lowest BCUT2D eigenvalue weighted by Gasteiger charge is -2.32. The first kappa shape index (κ1) is 23.1. The summed E-state index contributed by atoms with van der Waals surface area (Å²) >= 11 is 15.7. The average Bonchev–Trinajstić information content (AvgIpc) is 2.86. The summed E-state index contributed by atoms with van der Waals surface area (Å²) < 4.78 is 0.969. The number of unbranched alkanes of at least 4 members (excludes halogenated alkanes) is 3. The Morgan fingerprint density at radius 2 is 1.60 bits per heavy atom. The van der Waals surface area contributed by atoms with Crippen LogP contribution in [-0.2, 0) is 11.2 Å². The number of carbonyl (C=O) groups excluding carboxylic acids is 2. The predicted octanol–water partition coefficient (Wildman–Crippen LogP) is 7.11. The maximum absolute atomic E-state index is 13.6. The minimum atomic E-state index is -0.980. The monoisotopic (exact) mass is 510 g/mol. The number of carbonyl (C=O) groups is 2. The smallest absolute Gasteiger partial charge is 0.309 e. The second-order valence-electron chi connectivity index (χ2n) is 7.84. The van der Waals surface area contributed by atoms with E-state index in [1.807, 2.05) is 31.2 Å². The number of hydrogen-bond acceptors (Lipinski definition) is 2. The minimum Gasteiger partial charge on any atom is -0.309 e. The molecule has 3 amide bonds. The van der Waals surface area contributed by atoms with Crippen LogP contribution in [0.2, 0.25) is 10.0 Å². The molecule has 4 nitrogen and oxygen atoms in total. The van der Waals surface area contributed by atoms with Crippen LogP contribution in [0.1, 0.15) is 45.1 Å². The molecule has 1 heterocycles. The van der Waals surface area contributed by atoms with Crippen LogP contribution in [0.4, 0.5) is 10.5 Å². The van der Waals surface area contributed by atoms with Crippen molar-refractivity contribution in [2.45, 2.75) is 51.5 Å². The summed E-state index contributed by atoms with van der Waals surface area (Å²) in [6.07, 6.45) is 4.52. The lowest BCUT2D eigenvalue weighted by Crippen LogP contribution is -2.49. The van der Waals surface area contributed by atoms with Crippen LogP contribution in [0, 0.1) is 0 Å². The molecule has 0 saturated carbocycles. The Kier molecular flexibility index (Phi) is 7.48. The van der Waals surface area contributed by atoms with Gasteiger partial charge in [-0.2, -0.15) is 0 Å². The van der Waals surface area contributed by atoms with Gasteiger partial charge >= 0.3 is 6.03 Å². The summed E-state index contributed by atoms with van der Waals surface area (Å²) in [5, 5.41) is 0.767. The summed E-state index contributed by atoms with van der Waals surface area (Å²) in [6.45, 7) is 4.52. The van der Waals surface area contributed by atoms with Gasteiger partial charge < -0.3 is 4.90 Å². The van der Waals surface area contributed by atoms with E-state index in [0.717, 1.165) is 35.7 Å². The molecule has 0 spiro atoms. The Morgan fingerprint density at radius 1 is 0.967 bits per heavy atom. The van der Waals surface area contributed by atoms with E-state index in [0.29, 0.717) is 28.7 Å². The highest BCUT2D eigenvalue weighted by atomic mass is 79.9. The number of rotatable bonds is 8. The molecule has 0 unspecified atom stereocenters. The number of benzene rings is 2. The molecule has 7 heteroatoms. The van der Waals surface area contributed by atoms with Crippen LogP contribution in [0.15, 0.2) is 46.9 Å². The Hall–Kier alpha value is -1.56. The van der Waals surface area contributed by atoms with E-state index in [2.05, 4.69) is 22.9 Å². The van der Waals surface area contributed by atoms with Gasteiger partial charge in [0.1, 0.15) is 5.54 Å². The molecule has 2 aromatic carbocycles. The van der Waals surface area contributed by atoms with Crippen LogP contribution < -0.4 is 4.90 Å². The molecule has 0 aliphatic carbocycles. The van der Waals surface area contributed by atoms with E-state index in [9.17, 15) is 9.59 Å². The maximum atomic E-state index is 13.6. The number of nitrogens with zero attached hydrogens (tertiary/aromatic N) is 2. The quantitative estimate of drug-likeness (QED) is 0.280. The fourth-order valence-electron chi connectivity index (χ4n) is 3.88. The SMILES string of the molecule is CCCCCCN1C(=O)N(c2cc(Cl)cc(Cl)c2)C(=O)[C@@]1(C)Cc1ccc(Br)cc1. The van der Waals surface area contributed by atoms with Crippen molar-refractivity contribution in [2.24, 2.45) is 0 Å². The van der Waals surface area contributed by atoms with Gasteiger partial charge in [0, 0.05) is 27.5 Å². The molecular weight excluding hydrogens is 487 g/mol. The van der Waals surface area contributed by atoms with Crippen molar-refractivity contribution in [2.75, 3.05) is 11.4 Å². The second-order valence-corrected chi connectivity index (χ2v) is 9.63. The molecule has 0 aromatic heterocycles. The van der Waals surface area contributed by atoms with E-state index >= 15 is 0 Å². The largest absolute Gasteiger partial charge is 0.332 e. The van der Waals surface area contributed by atoms with Crippen molar-refractivity contribution in [3.8, 4) is 0 Å². The van der Waals surface area contributed by atoms with Gasteiger partial charge in [-0.15, -0.1) is 0 Å². The van der Waals surface area contributed by atoms with Gasteiger partial charge in [-0.25, -0.2) is 9.69 Å². The molecule has 3 rings (SSSR count). The summed E-state index contributed by atoms with van der Waals surface area (Å²) in [5.41, 5.74) is 0.415. The van der Waals surface area contributed by atoms with Crippen molar-refractivity contribution in [3.63, 3.8) is 0 Å². The van der Waals surface area contributed by atoms with Crippen molar-refractivity contribution in [1.29, 1.82) is 0 Å². The predicted molar refractivity (Wildman–Crippen MR) is 126 cm³/mol. The molecule has 1 aliphatic rings. The first-order valence-corrected chi connectivity index (χ1v) is 11.7. The zero-order chi connectivity index (χ0) is 21.9. The minimum absolute atomic E-state index is 0.260. The van der Waals surface area contributed by atoms with Crippen LogP contribution in [0.5, 0.6) is 0 Å². The number of hydrogen-bond donors (Lipinski definition) is 0. The number of halogens is 3. The molecule has 30 heavy (non-hydrogen) atoms. The third-order valence-electron chi connectivity index (χ3n) is 5.48. The third kappa shape index (κ3) is 4.84. The van der Waals surface area contributed by atoms with Crippen molar-refractivity contribution < 1.29 is 9.59 Å². The number of amides is 3. The van der Waals surface area contributed by atoms with Gasteiger partial charge in [0.25, 0.3) is 5.91 Å². The van der Waals surface area contributed by atoms with Crippen molar-refractivity contribution >= 4 is 56.8 Å². The summed E-state index contributed by atoms with van der Waals surface area (Å²) in [6, 6.07) is 12.3. The van der Waals surface area contributed by atoms with Gasteiger partial charge in [0.15, 0.2) is 0 Å². The Bertz CT molecular complexity index is 915. The Labute approximate surface area is 196 Å². The first-order valence-electron chi connectivity index (χ1n) is 10.1. The van der Waals surface area contributed by atoms with Crippen molar-refractivity contribution in [3.05, 3.63) is 62.5 Å². The van der Waals surface area contributed by atoms with E-state index in [-0.39, 0.29) is 11.9 Å². The Balaban J connectivity index is 1.96. The highest BCUT2D eigenvalue weighted by molar-refractivity contribution is 9.10. The molecule has 0 radical (unpaired) electrons. The number of imide groups is 1. The molecule has 0 N–H and O–H groups in total. The summed E-state index contributed by atoms with van der Waals surface area (Å²) in [7, 11) is 0. The molecule has 1 fully saturated rings. The van der Waals surface area contributed by atoms with E-state index in [1.165, 1.54) is 4.90 Å². The lowest BCUT2D eigenvalue weighted by molar-refractivity contribution is -0.124. The van der Waals surface area contributed by atoms with Gasteiger partial charge in [0.2, 0.25) is 0 Å². The molecular formula is C23H25BrCl2N2O2. The molecule has 1 atom stereocenters. The van der Waals surface area contributed by atoms with E-state index in [4.69, 9.17) is 23.2 Å². The fourth-order valence-corrected chi connectivity index (χ4v) is 4.66. The van der Waals surface area contributed by atoms with Crippen LogP contribution in [-0.4, -0.2) is 28.9 Å². The van der Waals surface area contributed by atoms with Crippen LogP contribution in [0.3, 0.4) is 0 Å². The summed E-state index contributed by atoms with van der Waals surface area (Å²) in [5.74, 6) is -0.260. The second kappa shape index (κ2) is 9.71. The van der Waals surface area contributed by atoms with Gasteiger partial charge in [-0.3, -0.25) is 4.79 Å². The molecule has 0 bridgehead atoms. The van der Waals surface area contributed by atoms with Crippen LogP contribution in [0.25, 0.3) is 0 Å². The van der Waals surface area contributed by atoms with E-state index in [1.54, 1.807) is 23.1 Å². The molecule has 160 valence electrons. The zero-order valence-electron chi connectivity index (χ0n) is 17.1. The standard InChI is InChI=1S/C23H25BrCl2N2O2/c1-3-4-5-6-11-27-22(30)28(20-13-18(25)12-19(26)14-20)21(29)23(27,2)15-16-7-9-17(24)10-8-16/h7-10,12-14H,3-6,11,15H2,1-2H3/t23-/m1/s1. The number of urea groups is 1. The molecule has 2 aromatic rings. The zero-order valence-corrected chi connectivity index (χ0v) is 20.2.